The first-order valence-corrected chi connectivity index (χ1v) is 9.65. The lowest BCUT2D eigenvalue weighted by atomic mass is 10.1. The Kier molecular flexibility index (Phi) is 5.34. The molecule has 28 heavy (non-hydrogen) atoms. The summed E-state index contributed by atoms with van der Waals surface area (Å²) in [7, 11) is 0. The molecule has 6 heteroatoms. The molecule has 2 aromatic heterocycles. The van der Waals surface area contributed by atoms with E-state index >= 15 is 0 Å². The highest BCUT2D eigenvalue weighted by Crippen LogP contribution is 2.35. The van der Waals surface area contributed by atoms with E-state index in [1.165, 1.54) is 11.8 Å². The highest BCUT2D eigenvalue weighted by Gasteiger charge is 2.18. The van der Waals surface area contributed by atoms with E-state index in [-0.39, 0.29) is 0 Å². The number of pyridine rings is 1. The van der Waals surface area contributed by atoms with Gasteiger partial charge in [-0.3, -0.25) is 4.98 Å². The van der Waals surface area contributed by atoms with Gasteiger partial charge in [0.25, 0.3) is 0 Å². The third kappa shape index (κ3) is 3.89. The lowest BCUT2D eigenvalue weighted by molar-refractivity contribution is 1.04. The van der Waals surface area contributed by atoms with Crippen molar-refractivity contribution in [3.05, 3.63) is 89.7 Å². The van der Waals surface area contributed by atoms with Gasteiger partial charge in [-0.05, 0) is 36.4 Å². The standard InChI is InChI=1S/C22H13ClN4S/c23-17-10-8-15(9-11-17)20-19(13-24)22(28-18-6-2-1-3-7-18)27-21(26-20)16-5-4-12-25-14-16/h1-12,14H. The summed E-state index contributed by atoms with van der Waals surface area (Å²) in [6.07, 6.45) is 3.41. The van der Waals surface area contributed by atoms with Crippen LogP contribution >= 0.6 is 23.4 Å². The molecular formula is C22H13ClN4S. The van der Waals surface area contributed by atoms with Gasteiger partial charge in [-0.15, -0.1) is 0 Å². The monoisotopic (exact) mass is 400 g/mol. The van der Waals surface area contributed by atoms with Crippen LogP contribution in [-0.2, 0) is 0 Å². The minimum Gasteiger partial charge on any atom is -0.264 e. The van der Waals surface area contributed by atoms with Crippen LogP contribution in [0.2, 0.25) is 5.02 Å². The summed E-state index contributed by atoms with van der Waals surface area (Å²) in [6.45, 7) is 0. The Morgan fingerprint density at radius 3 is 2.32 bits per heavy atom. The molecule has 0 aliphatic carbocycles. The minimum atomic E-state index is 0.434. The molecule has 0 spiro atoms. The third-order valence-electron chi connectivity index (χ3n) is 3.98. The second-order valence-corrected chi connectivity index (χ2v) is 7.35. The van der Waals surface area contributed by atoms with E-state index < -0.39 is 0 Å². The van der Waals surface area contributed by atoms with Crippen molar-refractivity contribution in [1.29, 1.82) is 5.26 Å². The second-order valence-electron chi connectivity index (χ2n) is 5.85. The molecular weight excluding hydrogens is 388 g/mol. The van der Waals surface area contributed by atoms with Crippen LogP contribution in [0.15, 0.2) is 89.0 Å². The minimum absolute atomic E-state index is 0.434. The fourth-order valence-electron chi connectivity index (χ4n) is 2.66. The van der Waals surface area contributed by atoms with Crippen molar-refractivity contribution in [3.8, 4) is 28.7 Å². The van der Waals surface area contributed by atoms with Gasteiger partial charge in [0, 0.05) is 33.4 Å². The molecule has 0 atom stereocenters. The van der Waals surface area contributed by atoms with Crippen molar-refractivity contribution in [2.75, 3.05) is 0 Å². The quantitative estimate of drug-likeness (QED) is 0.400. The van der Waals surface area contributed by atoms with E-state index in [1.807, 2.05) is 54.6 Å². The van der Waals surface area contributed by atoms with Crippen LogP contribution in [-0.4, -0.2) is 15.0 Å². The first-order valence-electron chi connectivity index (χ1n) is 8.46. The summed E-state index contributed by atoms with van der Waals surface area (Å²) in [5.41, 5.74) is 2.61. The molecule has 0 fully saturated rings. The average molecular weight is 401 g/mol. The molecule has 2 aromatic carbocycles. The van der Waals surface area contributed by atoms with Crippen LogP contribution in [0, 0.1) is 11.3 Å². The lowest BCUT2D eigenvalue weighted by Gasteiger charge is -2.11. The third-order valence-corrected chi connectivity index (χ3v) is 5.23. The normalized spacial score (nSPS) is 10.4. The number of benzene rings is 2. The number of halogens is 1. The molecule has 0 unspecified atom stereocenters. The number of rotatable bonds is 4. The summed E-state index contributed by atoms with van der Waals surface area (Å²) in [6, 6.07) is 23.1. The van der Waals surface area contributed by atoms with Crippen LogP contribution in [0.25, 0.3) is 22.6 Å². The van der Waals surface area contributed by atoms with Gasteiger partial charge in [0.05, 0.1) is 5.69 Å². The van der Waals surface area contributed by atoms with Crippen molar-refractivity contribution in [1.82, 2.24) is 15.0 Å². The molecule has 4 aromatic rings. The van der Waals surface area contributed by atoms with Crippen molar-refractivity contribution in [2.45, 2.75) is 9.92 Å². The van der Waals surface area contributed by atoms with Gasteiger partial charge in [0.2, 0.25) is 0 Å². The Morgan fingerprint density at radius 1 is 0.857 bits per heavy atom. The fraction of sp³-hybridized carbons (Fsp3) is 0. The molecule has 0 amide bonds. The van der Waals surface area contributed by atoms with Crippen LogP contribution in [0.4, 0.5) is 0 Å². The maximum Gasteiger partial charge on any atom is 0.162 e. The number of aromatic nitrogens is 3. The van der Waals surface area contributed by atoms with E-state index in [9.17, 15) is 5.26 Å². The largest absolute Gasteiger partial charge is 0.264 e. The number of nitrogens with zero attached hydrogens (tertiary/aromatic N) is 4. The molecule has 4 nitrogen and oxygen atoms in total. The molecule has 4 rings (SSSR count). The Hall–Kier alpha value is -3.20. The van der Waals surface area contributed by atoms with E-state index in [0.29, 0.717) is 27.1 Å². The lowest BCUT2D eigenvalue weighted by Crippen LogP contribution is -2.00. The maximum atomic E-state index is 9.87. The predicted molar refractivity (Wildman–Crippen MR) is 111 cm³/mol. The van der Waals surface area contributed by atoms with Crippen molar-refractivity contribution >= 4 is 23.4 Å². The zero-order chi connectivity index (χ0) is 19.3. The first kappa shape index (κ1) is 18.2. The van der Waals surface area contributed by atoms with Gasteiger partial charge in [-0.2, -0.15) is 5.26 Å². The Morgan fingerprint density at radius 2 is 1.64 bits per heavy atom. The second kappa shape index (κ2) is 8.22. The molecule has 134 valence electrons. The van der Waals surface area contributed by atoms with Crippen molar-refractivity contribution < 1.29 is 0 Å². The topological polar surface area (TPSA) is 62.5 Å². The van der Waals surface area contributed by atoms with Gasteiger partial charge < -0.3 is 0 Å². The Bertz CT molecular complexity index is 1140. The van der Waals surface area contributed by atoms with Crippen LogP contribution < -0.4 is 0 Å². The van der Waals surface area contributed by atoms with Gasteiger partial charge >= 0.3 is 0 Å². The molecule has 0 aliphatic rings. The van der Waals surface area contributed by atoms with Crippen LogP contribution in [0.3, 0.4) is 0 Å². The maximum absolute atomic E-state index is 9.87. The highest BCUT2D eigenvalue weighted by atomic mass is 35.5. The molecule has 0 saturated heterocycles. The first-order chi connectivity index (χ1) is 13.7. The van der Waals surface area contributed by atoms with Gasteiger partial charge in [-0.1, -0.05) is 53.7 Å². The zero-order valence-corrected chi connectivity index (χ0v) is 16.2. The van der Waals surface area contributed by atoms with Gasteiger partial charge in [0.15, 0.2) is 5.82 Å². The van der Waals surface area contributed by atoms with E-state index in [1.54, 1.807) is 24.5 Å². The smallest absolute Gasteiger partial charge is 0.162 e. The van der Waals surface area contributed by atoms with Gasteiger partial charge in [0.1, 0.15) is 16.7 Å². The summed E-state index contributed by atoms with van der Waals surface area (Å²) in [4.78, 5) is 14.5. The molecule has 0 bridgehead atoms. The van der Waals surface area contributed by atoms with Gasteiger partial charge in [-0.25, -0.2) is 9.97 Å². The van der Waals surface area contributed by atoms with E-state index in [0.717, 1.165) is 16.0 Å². The Balaban J connectivity index is 1.92. The van der Waals surface area contributed by atoms with E-state index in [2.05, 4.69) is 21.0 Å². The summed E-state index contributed by atoms with van der Waals surface area (Å²) in [5, 5.41) is 11.1. The summed E-state index contributed by atoms with van der Waals surface area (Å²) in [5.74, 6) is 0.524. The fourth-order valence-corrected chi connectivity index (χ4v) is 3.67. The average Bonchev–Trinajstić information content (AvgIpc) is 2.75. The molecule has 0 aliphatic heterocycles. The van der Waals surface area contributed by atoms with Crippen molar-refractivity contribution in [3.63, 3.8) is 0 Å². The van der Waals surface area contributed by atoms with Crippen LogP contribution in [0.1, 0.15) is 5.56 Å². The molecule has 0 saturated carbocycles. The van der Waals surface area contributed by atoms with Crippen molar-refractivity contribution in [2.24, 2.45) is 0 Å². The number of hydrogen-bond acceptors (Lipinski definition) is 5. The highest BCUT2D eigenvalue weighted by molar-refractivity contribution is 7.99. The molecule has 2 heterocycles. The SMILES string of the molecule is N#Cc1c(Sc2ccccc2)nc(-c2cccnc2)nc1-c1ccc(Cl)cc1. The van der Waals surface area contributed by atoms with E-state index in [4.69, 9.17) is 11.6 Å². The number of nitriles is 1. The molecule has 0 N–H and O–H groups in total. The number of hydrogen-bond donors (Lipinski definition) is 0. The summed E-state index contributed by atoms with van der Waals surface area (Å²) < 4.78 is 0. The zero-order valence-electron chi connectivity index (χ0n) is 14.6. The Labute approximate surface area is 171 Å². The molecule has 0 radical (unpaired) electrons. The summed E-state index contributed by atoms with van der Waals surface area (Å²) >= 11 is 7.47. The predicted octanol–water partition coefficient (Wildman–Crippen LogP) is 5.88. The van der Waals surface area contributed by atoms with Crippen LogP contribution in [0.5, 0.6) is 0 Å².